The summed E-state index contributed by atoms with van der Waals surface area (Å²) in [7, 11) is 3.88. The summed E-state index contributed by atoms with van der Waals surface area (Å²) >= 11 is 6.22. The van der Waals surface area contributed by atoms with Crippen LogP contribution in [0.4, 0.5) is 0 Å². The quantitative estimate of drug-likeness (QED) is 0.794. The first-order valence-corrected chi connectivity index (χ1v) is 7.27. The van der Waals surface area contributed by atoms with Gasteiger partial charge in [-0.1, -0.05) is 17.7 Å². The lowest BCUT2D eigenvalue weighted by Crippen LogP contribution is -2.24. The Morgan fingerprint density at radius 3 is 2.81 bits per heavy atom. The van der Waals surface area contributed by atoms with Gasteiger partial charge >= 0.3 is 5.97 Å². The molecular weight excluding hydrogens is 288 g/mol. The Kier molecular flexibility index (Phi) is 5.15. The summed E-state index contributed by atoms with van der Waals surface area (Å²) in [5, 5.41) is 1.56. The molecule has 0 spiro atoms. The van der Waals surface area contributed by atoms with Gasteiger partial charge in [0, 0.05) is 22.6 Å². The third-order valence-corrected chi connectivity index (χ3v) is 3.72. The summed E-state index contributed by atoms with van der Waals surface area (Å²) in [4.78, 5) is 18.3. The third kappa shape index (κ3) is 3.52. The Morgan fingerprint density at radius 2 is 2.14 bits per heavy atom. The fourth-order valence-corrected chi connectivity index (χ4v) is 2.59. The molecule has 5 heteroatoms. The summed E-state index contributed by atoms with van der Waals surface area (Å²) in [5.74, 6) is -0.213. The van der Waals surface area contributed by atoms with Crippen molar-refractivity contribution in [3.63, 3.8) is 0 Å². The number of hydrogen-bond donors (Lipinski definition) is 0. The van der Waals surface area contributed by atoms with Crippen molar-refractivity contribution in [2.75, 3.05) is 20.7 Å². The fourth-order valence-electron chi connectivity index (χ4n) is 2.38. The molecule has 1 heterocycles. The molecule has 0 aliphatic rings. The van der Waals surface area contributed by atoms with Gasteiger partial charge in [0.2, 0.25) is 0 Å². The molecule has 0 radical (unpaired) electrons. The van der Waals surface area contributed by atoms with Gasteiger partial charge in [-0.2, -0.15) is 0 Å². The van der Waals surface area contributed by atoms with Gasteiger partial charge in [0.25, 0.3) is 0 Å². The van der Waals surface area contributed by atoms with Gasteiger partial charge in [-0.25, -0.2) is 0 Å². The SMILES string of the molecule is CCOC(=O)CC(c1ccc(Cl)c2cccnc12)N(C)C. The molecule has 1 unspecified atom stereocenters. The monoisotopic (exact) mass is 306 g/mol. The maximum Gasteiger partial charge on any atom is 0.307 e. The second-order valence-electron chi connectivity index (χ2n) is 5.02. The van der Waals surface area contributed by atoms with E-state index in [2.05, 4.69) is 4.98 Å². The summed E-state index contributed by atoms with van der Waals surface area (Å²) in [6.45, 7) is 2.19. The van der Waals surface area contributed by atoms with Crippen molar-refractivity contribution in [3.05, 3.63) is 41.0 Å². The molecule has 1 atom stereocenters. The van der Waals surface area contributed by atoms with Crippen molar-refractivity contribution >= 4 is 28.5 Å². The summed E-state index contributed by atoms with van der Waals surface area (Å²) in [6, 6.07) is 7.47. The molecule has 0 fully saturated rings. The third-order valence-electron chi connectivity index (χ3n) is 3.40. The number of pyridine rings is 1. The average Bonchev–Trinajstić information content (AvgIpc) is 2.46. The molecule has 0 amide bonds. The Morgan fingerprint density at radius 1 is 1.38 bits per heavy atom. The second-order valence-corrected chi connectivity index (χ2v) is 5.43. The van der Waals surface area contributed by atoms with E-state index in [1.54, 1.807) is 6.20 Å². The van der Waals surface area contributed by atoms with Crippen LogP contribution in [-0.4, -0.2) is 36.6 Å². The summed E-state index contributed by atoms with van der Waals surface area (Å²) in [5.41, 5.74) is 1.81. The predicted molar refractivity (Wildman–Crippen MR) is 84.4 cm³/mol. The molecule has 0 saturated heterocycles. The molecule has 4 nitrogen and oxygen atoms in total. The number of ether oxygens (including phenoxy) is 1. The molecular formula is C16H19ClN2O2. The molecule has 2 aromatic rings. The van der Waals surface area contributed by atoms with Crippen LogP contribution in [0, 0.1) is 0 Å². The van der Waals surface area contributed by atoms with Crippen LogP contribution in [0.15, 0.2) is 30.5 Å². The Hall–Kier alpha value is -1.65. The number of esters is 1. The topological polar surface area (TPSA) is 42.4 Å². The first-order valence-electron chi connectivity index (χ1n) is 6.89. The van der Waals surface area contributed by atoms with Gasteiger partial charge in [-0.15, -0.1) is 0 Å². The molecule has 2 rings (SSSR count). The van der Waals surface area contributed by atoms with Crippen molar-refractivity contribution in [1.82, 2.24) is 9.88 Å². The Labute approximate surface area is 129 Å². The van der Waals surface area contributed by atoms with Gasteiger partial charge in [0.05, 0.1) is 18.5 Å². The normalized spacial score (nSPS) is 12.6. The van der Waals surface area contributed by atoms with Crippen molar-refractivity contribution in [3.8, 4) is 0 Å². The zero-order valence-electron chi connectivity index (χ0n) is 12.5. The first-order chi connectivity index (χ1) is 10.0. The second kappa shape index (κ2) is 6.87. The predicted octanol–water partition coefficient (Wildman–Crippen LogP) is 3.44. The van der Waals surface area contributed by atoms with Gasteiger partial charge in [-0.05, 0) is 44.8 Å². The van der Waals surface area contributed by atoms with Gasteiger partial charge in [0.15, 0.2) is 0 Å². The number of aromatic nitrogens is 1. The number of carbonyl (C=O) groups is 1. The minimum Gasteiger partial charge on any atom is -0.466 e. The van der Waals surface area contributed by atoms with E-state index in [4.69, 9.17) is 16.3 Å². The number of halogens is 1. The van der Waals surface area contributed by atoms with E-state index in [1.807, 2.05) is 50.2 Å². The minimum absolute atomic E-state index is 0.0984. The highest BCUT2D eigenvalue weighted by molar-refractivity contribution is 6.35. The van der Waals surface area contributed by atoms with Crippen LogP contribution >= 0.6 is 11.6 Å². The lowest BCUT2D eigenvalue weighted by Gasteiger charge is -2.25. The lowest BCUT2D eigenvalue weighted by molar-refractivity contribution is -0.144. The highest BCUT2D eigenvalue weighted by atomic mass is 35.5. The number of carbonyl (C=O) groups excluding carboxylic acids is 1. The molecule has 21 heavy (non-hydrogen) atoms. The zero-order chi connectivity index (χ0) is 15.4. The molecule has 0 aliphatic heterocycles. The van der Waals surface area contributed by atoms with Crippen molar-refractivity contribution < 1.29 is 9.53 Å². The van der Waals surface area contributed by atoms with Crippen molar-refractivity contribution in [2.45, 2.75) is 19.4 Å². The van der Waals surface area contributed by atoms with E-state index >= 15 is 0 Å². The van der Waals surface area contributed by atoms with Crippen LogP contribution in [-0.2, 0) is 9.53 Å². The van der Waals surface area contributed by atoms with Crippen LogP contribution in [0.25, 0.3) is 10.9 Å². The summed E-state index contributed by atoms with van der Waals surface area (Å²) in [6.07, 6.45) is 2.02. The smallest absolute Gasteiger partial charge is 0.307 e. The molecule has 1 aromatic heterocycles. The van der Waals surface area contributed by atoms with Crippen LogP contribution in [0.5, 0.6) is 0 Å². The van der Waals surface area contributed by atoms with E-state index in [9.17, 15) is 4.79 Å². The summed E-state index contributed by atoms with van der Waals surface area (Å²) < 4.78 is 5.07. The van der Waals surface area contributed by atoms with Gasteiger partial charge < -0.3 is 9.64 Å². The van der Waals surface area contributed by atoms with E-state index < -0.39 is 0 Å². The molecule has 0 aliphatic carbocycles. The number of rotatable bonds is 5. The number of nitrogens with zero attached hydrogens (tertiary/aromatic N) is 2. The van der Waals surface area contributed by atoms with Crippen LogP contribution in [0.2, 0.25) is 5.02 Å². The van der Waals surface area contributed by atoms with E-state index in [-0.39, 0.29) is 18.4 Å². The largest absolute Gasteiger partial charge is 0.466 e. The van der Waals surface area contributed by atoms with Crippen LogP contribution in [0.1, 0.15) is 24.9 Å². The Bertz CT molecular complexity index is 643. The fraction of sp³-hybridized carbons (Fsp3) is 0.375. The van der Waals surface area contributed by atoms with E-state index in [0.29, 0.717) is 11.6 Å². The molecule has 0 bridgehead atoms. The van der Waals surface area contributed by atoms with E-state index in [1.165, 1.54) is 0 Å². The average molecular weight is 307 g/mol. The maximum atomic E-state index is 11.8. The zero-order valence-corrected chi connectivity index (χ0v) is 13.2. The molecule has 1 aromatic carbocycles. The first kappa shape index (κ1) is 15.7. The Balaban J connectivity index is 2.46. The van der Waals surface area contributed by atoms with Crippen molar-refractivity contribution in [2.24, 2.45) is 0 Å². The lowest BCUT2D eigenvalue weighted by atomic mass is 9.99. The standard InChI is InChI=1S/C16H19ClN2O2/c1-4-21-15(20)10-14(19(2)3)12-7-8-13(17)11-6-5-9-18-16(11)12/h5-9,14H,4,10H2,1-3H3. The van der Waals surface area contributed by atoms with Crippen LogP contribution in [0.3, 0.4) is 0 Å². The number of fused-ring (bicyclic) bond motifs is 1. The van der Waals surface area contributed by atoms with Gasteiger partial charge in [-0.3, -0.25) is 9.78 Å². The highest BCUT2D eigenvalue weighted by Crippen LogP contribution is 2.32. The minimum atomic E-state index is -0.213. The van der Waals surface area contributed by atoms with E-state index in [0.717, 1.165) is 16.5 Å². The highest BCUT2D eigenvalue weighted by Gasteiger charge is 2.22. The number of hydrogen-bond acceptors (Lipinski definition) is 4. The van der Waals surface area contributed by atoms with Crippen LogP contribution < -0.4 is 0 Å². The van der Waals surface area contributed by atoms with Crippen molar-refractivity contribution in [1.29, 1.82) is 0 Å². The molecule has 112 valence electrons. The number of benzene rings is 1. The molecule has 0 saturated carbocycles. The van der Waals surface area contributed by atoms with Gasteiger partial charge in [0.1, 0.15) is 0 Å². The molecule has 0 N–H and O–H groups in total. The maximum absolute atomic E-state index is 11.8.